The van der Waals surface area contributed by atoms with Gasteiger partial charge in [-0.1, -0.05) is 13.8 Å². The van der Waals surface area contributed by atoms with Crippen LogP contribution in [0, 0.1) is 5.92 Å². The van der Waals surface area contributed by atoms with Crippen LogP contribution in [-0.2, 0) is 0 Å². The second-order valence-corrected chi connectivity index (χ2v) is 5.21. The number of likely N-dealkylation sites (N-methyl/N-ethyl adjacent to an activating group) is 1. The van der Waals surface area contributed by atoms with Gasteiger partial charge in [0.15, 0.2) is 5.82 Å². The molecule has 6 heteroatoms. The molecule has 0 aliphatic carbocycles. The Morgan fingerprint density at radius 2 is 2.00 bits per heavy atom. The van der Waals surface area contributed by atoms with E-state index in [-0.39, 0.29) is 0 Å². The van der Waals surface area contributed by atoms with Crippen LogP contribution in [-0.4, -0.2) is 59.9 Å². The maximum Gasteiger partial charge on any atom is 0.247 e. The smallest absolute Gasteiger partial charge is 0.247 e. The normalized spacial score (nSPS) is 17.2. The second-order valence-electron chi connectivity index (χ2n) is 5.21. The van der Waals surface area contributed by atoms with E-state index in [9.17, 15) is 0 Å². The van der Waals surface area contributed by atoms with Gasteiger partial charge in [0.2, 0.25) is 5.95 Å². The van der Waals surface area contributed by atoms with Crippen molar-refractivity contribution < 1.29 is 0 Å². The molecule has 2 heterocycles. The minimum Gasteiger partial charge on any atom is -0.368 e. The van der Waals surface area contributed by atoms with Gasteiger partial charge in [-0.25, -0.2) is 0 Å². The van der Waals surface area contributed by atoms with Crippen molar-refractivity contribution in [1.29, 1.82) is 0 Å². The van der Waals surface area contributed by atoms with Crippen LogP contribution in [0.5, 0.6) is 0 Å². The summed E-state index contributed by atoms with van der Waals surface area (Å²) in [6.45, 7) is 9.27. The first kappa shape index (κ1) is 13.0. The van der Waals surface area contributed by atoms with Crippen molar-refractivity contribution in [2.24, 2.45) is 5.92 Å². The third kappa shape index (κ3) is 3.53. The van der Waals surface area contributed by atoms with Gasteiger partial charge in [-0.2, -0.15) is 10.1 Å². The lowest BCUT2D eigenvalue weighted by molar-refractivity contribution is 0.311. The summed E-state index contributed by atoms with van der Waals surface area (Å²) >= 11 is 0. The minimum atomic E-state index is 0.590. The lowest BCUT2D eigenvalue weighted by atomic mass is 10.2. The van der Waals surface area contributed by atoms with E-state index in [1.807, 2.05) is 0 Å². The van der Waals surface area contributed by atoms with Crippen molar-refractivity contribution in [3.05, 3.63) is 6.20 Å². The quantitative estimate of drug-likeness (QED) is 0.848. The van der Waals surface area contributed by atoms with Crippen LogP contribution >= 0.6 is 0 Å². The predicted octanol–water partition coefficient (Wildman–Crippen LogP) is 0.691. The Kier molecular flexibility index (Phi) is 4.30. The van der Waals surface area contributed by atoms with Crippen LogP contribution in [0.4, 0.5) is 11.8 Å². The highest BCUT2D eigenvalue weighted by atomic mass is 15.4. The lowest BCUT2D eigenvalue weighted by Gasteiger charge is -2.32. The summed E-state index contributed by atoms with van der Waals surface area (Å²) in [4.78, 5) is 9.01. The molecule has 1 N–H and O–H groups in total. The van der Waals surface area contributed by atoms with Crippen LogP contribution in [0.25, 0.3) is 0 Å². The topological polar surface area (TPSA) is 57.2 Å². The van der Waals surface area contributed by atoms with E-state index in [1.165, 1.54) is 0 Å². The molecule has 0 spiro atoms. The highest BCUT2D eigenvalue weighted by Crippen LogP contribution is 2.11. The molecule has 1 fully saturated rings. The lowest BCUT2D eigenvalue weighted by Crippen LogP contribution is -2.45. The largest absolute Gasteiger partial charge is 0.368 e. The van der Waals surface area contributed by atoms with Crippen molar-refractivity contribution >= 4 is 11.8 Å². The average Bonchev–Trinajstić information content (AvgIpc) is 2.37. The number of nitrogens with one attached hydrogen (secondary N) is 1. The zero-order valence-electron chi connectivity index (χ0n) is 11.4. The summed E-state index contributed by atoms with van der Waals surface area (Å²) in [6, 6.07) is 0. The number of rotatable bonds is 4. The Labute approximate surface area is 108 Å². The minimum absolute atomic E-state index is 0.590. The first-order valence-electron chi connectivity index (χ1n) is 6.52. The third-order valence-electron chi connectivity index (χ3n) is 3.03. The molecular weight excluding hydrogens is 228 g/mol. The highest BCUT2D eigenvalue weighted by molar-refractivity contribution is 5.39. The Hall–Kier alpha value is -1.43. The molecule has 0 amide bonds. The van der Waals surface area contributed by atoms with Crippen molar-refractivity contribution in [3.63, 3.8) is 0 Å². The molecule has 2 rings (SSSR count). The summed E-state index contributed by atoms with van der Waals surface area (Å²) in [5, 5.41) is 11.4. The van der Waals surface area contributed by atoms with E-state index in [0.29, 0.717) is 5.92 Å². The van der Waals surface area contributed by atoms with Gasteiger partial charge in [-0.15, -0.1) is 5.10 Å². The Morgan fingerprint density at radius 3 is 2.67 bits per heavy atom. The standard InChI is InChI=1S/C12H22N6/c1-10(2)8-13-11-9-14-16-12(15-11)18-6-4-17(3)5-7-18/h9-10H,4-8H2,1-3H3,(H,13,15,16). The molecule has 0 radical (unpaired) electrons. The summed E-state index contributed by atoms with van der Waals surface area (Å²) in [6.07, 6.45) is 1.68. The molecule has 0 atom stereocenters. The number of anilines is 2. The van der Waals surface area contributed by atoms with Gasteiger partial charge >= 0.3 is 0 Å². The SMILES string of the molecule is CC(C)CNc1cnnc(N2CCN(C)CC2)n1. The fourth-order valence-corrected chi connectivity index (χ4v) is 1.83. The molecule has 18 heavy (non-hydrogen) atoms. The van der Waals surface area contributed by atoms with Crippen molar-refractivity contribution in [2.75, 3.05) is 50.0 Å². The molecular formula is C12H22N6. The molecule has 0 unspecified atom stereocenters. The van der Waals surface area contributed by atoms with E-state index >= 15 is 0 Å². The maximum absolute atomic E-state index is 4.52. The van der Waals surface area contributed by atoms with E-state index in [1.54, 1.807) is 6.20 Å². The molecule has 1 saturated heterocycles. The van der Waals surface area contributed by atoms with Gasteiger partial charge < -0.3 is 15.1 Å². The average molecular weight is 250 g/mol. The summed E-state index contributed by atoms with van der Waals surface area (Å²) in [5.74, 6) is 2.14. The van der Waals surface area contributed by atoms with Crippen LogP contribution in [0.1, 0.15) is 13.8 Å². The molecule has 1 aromatic rings. The number of nitrogens with zero attached hydrogens (tertiary/aromatic N) is 5. The number of hydrogen-bond acceptors (Lipinski definition) is 6. The van der Waals surface area contributed by atoms with Gasteiger partial charge in [0, 0.05) is 32.7 Å². The predicted molar refractivity (Wildman–Crippen MR) is 72.9 cm³/mol. The molecule has 100 valence electrons. The van der Waals surface area contributed by atoms with Gasteiger partial charge in [-0.05, 0) is 13.0 Å². The highest BCUT2D eigenvalue weighted by Gasteiger charge is 2.17. The summed E-state index contributed by atoms with van der Waals surface area (Å²) in [7, 11) is 2.14. The van der Waals surface area contributed by atoms with Gasteiger partial charge in [0.05, 0.1) is 6.20 Å². The van der Waals surface area contributed by atoms with Crippen molar-refractivity contribution in [2.45, 2.75) is 13.8 Å². The van der Waals surface area contributed by atoms with Crippen LogP contribution in [0.15, 0.2) is 6.20 Å². The van der Waals surface area contributed by atoms with Crippen LogP contribution < -0.4 is 10.2 Å². The molecule has 1 aliphatic rings. The van der Waals surface area contributed by atoms with E-state index in [2.05, 4.69) is 51.2 Å². The Morgan fingerprint density at radius 1 is 1.28 bits per heavy atom. The number of hydrogen-bond donors (Lipinski definition) is 1. The zero-order valence-corrected chi connectivity index (χ0v) is 11.4. The summed E-state index contributed by atoms with van der Waals surface area (Å²) in [5.41, 5.74) is 0. The molecule has 1 aliphatic heterocycles. The van der Waals surface area contributed by atoms with Gasteiger partial charge in [0.25, 0.3) is 0 Å². The zero-order chi connectivity index (χ0) is 13.0. The van der Waals surface area contributed by atoms with Crippen molar-refractivity contribution in [1.82, 2.24) is 20.1 Å². The Bertz CT molecular complexity index is 373. The van der Waals surface area contributed by atoms with E-state index in [0.717, 1.165) is 44.5 Å². The van der Waals surface area contributed by atoms with Gasteiger partial charge in [-0.3, -0.25) is 0 Å². The van der Waals surface area contributed by atoms with E-state index in [4.69, 9.17) is 0 Å². The summed E-state index contributed by atoms with van der Waals surface area (Å²) < 4.78 is 0. The molecule has 0 saturated carbocycles. The number of piperazine rings is 1. The van der Waals surface area contributed by atoms with E-state index < -0.39 is 0 Å². The van der Waals surface area contributed by atoms with Crippen LogP contribution in [0.3, 0.4) is 0 Å². The number of aromatic nitrogens is 3. The third-order valence-corrected chi connectivity index (χ3v) is 3.03. The molecule has 6 nitrogen and oxygen atoms in total. The fraction of sp³-hybridized carbons (Fsp3) is 0.750. The maximum atomic E-state index is 4.52. The first-order valence-corrected chi connectivity index (χ1v) is 6.52. The Balaban J connectivity index is 1.98. The molecule has 0 aromatic carbocycles. The van der Waals surface area contributed by atoms with Gasteiger partial charge in [0.1, 0.15) is 0 Å². The fourth-order valence-electron chi connectivity index (χ4n) is 1.83. The van der Waals surface area contributed by atoms with Crippen LogP contribution in [0.2, 0.25) is 0 Å². The van der Waals surface area contributed by atoms with Crippen molar-refractivity contribution in [3.8, 4) is 0 Å². The monoisotopic (exact) mass is 250 g/mol. The first-order chi connectivity index (χ1) is 8.65. The second kappa shape index (κ2) is 5.95. The molecule has 0 bridgehead atoms. The molecule has 1 aromatic heterocycles.